The minimum atomic E-state index is 0.182. The van der Waals surface area contributed by atoms with E-state index in [0.29, 0.717) is 18.6 Å². The zero-order valence-corrected chi connectivity index (χ0v) is 10.5. The van der Waals surface area contributed by atoms with Gasteiger partial charge in [0.25, 0.3) is 0 Å². The molecule has 2 aliphatic carbocycles. The van der Waals surface area contributed by atoms with E-state index in [2.05, 4.69) is 15.5 Å². The van der Waals surface area contributed by atoms with E-state index in [0.717, 1.165) is 18.9 Å². The Bertz CT molecular complexity index is 278. The molecule has 1 amide bonds. The average molecular weight is 237 g/mol. The molecular formula is C13H23N3O. The van der Waals surface area contributed by atoms with Crippen molar-refractivity contribution in [1.82, 2.24) is 15.5 Å². The number of hydrogen-bond acceptors (Lipinski definition) is 3. The molecule has 3 rings (SSSR count). The highest BCUT2D eigenvalue weighted by atomic mass is 16.2. The van der Waals surface area contributed by atoms with Crippen LogP contribution in [0.2, 0.25) is 0 Å². The van der Waals surface area contributed by atoms with Crippen LogP contribution >= 0.6 is 0 Å². The Labute approximate surface area is 103 Å². The number of likely N-dealkylation sites (tertiary alicyclic amines) is 1. The summed E-state index contributed by atoms with van der Waals surface area (Å²) >= 11 is 0. The van der Waals surface area contributed by atoms with Crippen molar-refractivity contribution in [1.29, 1.82) is 0 Å². The Hall–Kier alpha value is -0.610. The average Bonchev–Trinajstić information content (AvgIpc) is 3.19. The molecule has 3 fully saturated rings. The van der Waals surface area contributed by atoms with E-state index in [1.165, 1.54) is 38.8 Å². The van der Waals surface area contributed by atoms with E-state index in [4.69, 9.17) is 0 Å². The second kappa shape index (κ2) is 4.94. The van der Waals surface area contributed by atoms with E-state index < -0.39 is 0 Å². The molecule has 0 atom stereocenters. The monoisotopic (exact) mass is 237 g/mol. The standard InChI is InChI=1S/C13H23N3O/c17-13(9-14-10-1-2-10)15-11-5-7-16(8-6-11)12-3-4-12/h10-12,14H,1-9H2,(H,15,17). The van der Waals surface area contributed by atoms with Gasteiger partial charge in [-0.1, -0.05) is 0 Å². The lowest BCUT2D eigenvalue weighted by atomic mass is 10.0. The van der Waals surface area contributed by atoms with Crippen LogP contribution in [0.5, 0.6) is 0 Å². The van der Waals surface area contributed by atoms with Crippen LogP contribution in [0.25, 0.3) is 0 Å². The van der Waals surface area contributed by atoms with Crippen LogP contribution in [0.4, 0.5) is 0 Å². The number of piperidine rings is 1. The summed E-state index contributed by atoms with van der Waals surface area (Å²) in [4.78, 5) is 14.3. The predicted octanol–water partition coefficient (Wildman–Crippen LogP) is 0.481. The highest BCUT2D eigenvalue weighted by molar-refractivity contribution is 5.78. The molecule has 0 aromatic carbocycles. The number of hydrogen-bond donors (Lipinski definition) is 2. The Morgan fingerprint density at radius 1 is 1.00 bits per heavy atom. The van der Waals surface area contributed by atoms with Gasteiger partial charge in [-0.2, -0.15) is 0 Å². The van der Waals surface area contributed by atoms with Crippen molar-refractivity contribution < 1.29 is 4.79 Å². The Morgan fingerprint density at radius 3 is 2.29 bits per heavy atom. The normalized spacial score (nSPS) is 27.1. The van der Waals surface area contributed by atoms with E-state index in [-0.39, 0.29) is 5.91 Å². The van der Waals surface area contributed by atoms with Gasteiger partial charge >= 0.3 is 0 Å². The highest BCUT2D eigenvalue weighted by Crippen LogP contribution is 2.29. The summed E-state index contributed by atoms with van der Waals surface area (Å²) in [6, 6.07) is 1.92. The lowest BCUT2D eigenvalue weighted by molar-refractivity contribution is -0.121. The van der Waals surface area contributed by atoms with Gasteiger partial charge in [0, 0.05) is 31.2 Å². The van der Waals surface area contributed by atoms with Crippen LogP contribution in [-0.4, -0.2) is 48.6 Å². The lowest BCUT2D eigenvalue weighted by Crippen LogP contribution is -2.47. The molecule has 2 saturated carbocycles. The maximum atomic E-state index is 11.7. The van der Waals surface area contributed by atoms with Crippen LogP contribution in [0.1, 0.15) is 38.5 Å². The fourth-order valence-electron chi connectivity index (χ4n) is 2.65. The molecule has 0 aromatic heterocycles. The summed E-state index contributed by atoms with van der Waals surface area (Å²) in [6.07, 6.45) is 7.53. The van der Waals surface area contributed by atoms with E-state index in [1.54, 1.807) is 0 Å². The second-order valence-electron chi connectivity index (χ2n) is 5.76. The van der Waals surface area contributed by atoms with Crippen molar-refractivity contribution in [2.75, 3.05) is 19.6 Å². The topological polar surface area (TPSA) is 44.4 Å². The smallest absolute Gasteiger partial charge is 0.234 e. The molecule has 4 heteroatoms. The Kier molecular flexibility index (Phi) is 3.34. The molecule has 4 nitrogen and oxygen atoms in total. The Balaban J connectivity index is 1.33. The van der Waals surface area contributed by atoms with Gasteiger partial charge in [0.2, 0.25) is 5.91 Å². The fourth-order valence-corrected chi connectivity index (χ4v) is 2.65. The van der Waals surface area contributed by atoms with Crippen molar-refractivity contribution in [3.05, 3.63) is 0 Å². The molecule has 17 heavy (non-hydrogen) atoms. The summed E-state index contributed by atoms with van der Waals surface area (Å²) in [5, 5.41) is 6.41. The summed E-state index contributed by atoms with van der Waals surface area (Å²) in [6.45, 7) is 2.85. The quantitative estimate of drug-likeness (QED) is 0.731. The van der Waals surface area contributed by atoms with E-state index in [9.17, 15) is 4.79 Å². The van der Waals surface area contributed by atoms with Gasteiger partial charge in [-0.05, 0) is 38.5 Å². The summed E-state index contributed by atoms with van der Waals surface area (Å²) in [7, 11) is 0. The van der Waals surface area contributed by atoms with Crippen molar-refractivity contribution in [3.63, 3.8) is 0 Å². The fraction of sp³-hybridized carbons (Fsp3) is 0.923. The van der Waals surface area contributed by atoms with Crippen molar-refractivity contribution in [3.8, 4) is 0 Å². The molecule has 0 radical (unpaired) electrons. The van der Waals surface area contributed by atoms with Crippen molar-refractivity contribution in [2.24, 2.45) is 0 Å². The SMILES string of the molecule is O=C(CNC1CC1)NC1CCN(C2CC2)CC1. The first-order chi connectivity index (χ1) is 8.31. The molecular weight excluding hydrogens is 214 g/mol. The van der Waals surface area contributed by atoms with E-state index in [1.807, 2.05) is 0 Å². The first kappa shape index (κ1) is 11.5. The van der Waals surface area contributed by atoms with Gasteiger partial charge in [-0.3, -0.25) is 4.79 Å². The number of nitrogens with zero attached hydrogens (tertiary/aromatic N) is 1. The van der Waals surface area contributed by atoms with Crippen LogP contribution in [0.15, 0.2) is 0 Å². The summed E-state index contributed by atoms with van der Waals surface area (Å²) in [5.74, 6) is 0.182. The number of nitrogens with one attached hydrogen (secondary N) is 2. The first-order valence-electron chi connectivity index (χ1n) is 7.08. The molecule has 0 bridgehead atoms. The Morgan fingerprint density at radius 2 is 1.71 bits per heavy atom. The third-order valence-electron chi connectivity index (χ3n) is 4.09. The van der Waals surface area contributed by atoms with Gasteiger partial charge in [0.05, 0.1) is 6.54 Å². The zero-order chi connectivity index (χ0) is 11.7. The molecule has 0 spiro atoms. The van der Waals surface area contributed by atoms with Gasteiger partial charge in [-0.25, -0.2) is 0 Å². The van der Waals surface area contributed by atoms with Gasteiger partial charge in [0.1, 0.15) is 0 Å². The van der Waals surface area contributed by atoms with Gasteiger partial charge < -0.3 is 15.5 Å². The number of amides is 1. The van der Waals surface area contributed by atoms with Crippen LogP contribution in [0.3, 0.4) is 0 Å². The first-order valence-corrected chi connectivity index (χ1v) is 7.08. The van der Waals surface area contributed by atoms with Crippen molar-refractivity contribution in [2.45, 2.75) is 56.7 Å². The van der Waals surface area contributed by atoms with E-state index >= 15 is 0 Å². The van der Waals surface area contributed by atoms with Gasteiger partial charge in [-0.15, -0.1) is 0 Å². The summed E-state index contributed by atoms with van der Waals surface area (Å²) < 4.78 is 0. The number of carbonyl (C=O) groups excluding carboxylic acids is 1. The van der Waals surface area contributed by atoms with Crippen LogP contribution in [-0.2, 0) is 4.79 Å². The minimum absolute atomic E-state index is 0.182. The zero-order valence-electron chi connectivity index (χ0n) is 10.5. The third-order valence-corrected chi connectivity index (χ3v) is 4.09. The largest absolute Gasteiger partial charge is 0.352 e. The summed E-state index contributed by atoms with van der Waals surface area (Å²) in [5.41, 5.74) is 0. The highest BCUT2D eigenvalue weighted by Gasteiger charge is 2.32. The molecule has 0 unspecified atom stereocenters. The number of rotatable bonds is 5. The third kappa shape index (κ3) is 3.42. The van der Waals surface area contributed by atoms with Crippen LogP contribution in [0, 0.1) is 0 Å². The maximum absolute atomic E-state index is 11.7. The maximum Gasteiger partial charge on any atom is 0.234 e. The lowest BCUT2D eigenvalue weighted by Gasteiger charge is -2.32. The molecule has 1 saturated heterocycles. The molecule has 96 valence electrons. The minimum Gasteiger partial charge on any atom is -0.352 e. The predicted molar refractivity (Wildman–Crippen MR) is 66.8 cm³/mol. The molecule has 1 aliphatic heterocycles. The number of carbonyl (C=O) groups is 1. The molecule has 0 aromatic rings. The molecule has 2 N–H and O–H groups in total. The molecule has 3 aliphatic rings. The van der Waals surface area contributed by atoms with Gasteiger partial charge in [0.15, 0.2) is 0 Å². The van der Waals surface area contributed by atoms with Crippen molar-refractivity contribution >= 4 is 5.91 Å². The second-order valence-corrected chi connectivity index (χ2v) is 5.76. The molecule has 1 heterocycles. The van der Waals surface area contributed by atoms with Crippen LogP contribution < -0.4 is 10.6 Å².